The molecule has 1 rings (SSSR count). The van der Waals surface area contributed by atoms with Crippen molar-refractivity contribution in [1.29, 1.82) is 0 Å². The van der Waals surface area contributed by atoms with Gasteiger partial charge in [-0.3, -0.25) is 9.59 Å². The van der Waals surface area contributed by atoms with Crippen LogP contribution in [-0.2, 0) is 19.2 Å². The lowest BCUT2D eigenvalue weighted by Crippen LogP contribution is -2.33. The summed E-state index contributed by atoms with van der Waals surface area (Å²) < 4.78 is 0. The Hall–Kier alpha value is -1.17. The van der Waals surface area contributed by atoms with Crippen molar-refractivity contribution in [2.24, 2.45) is 0 Å². The van der Waals surface area contributed by atoms with Gasteiger partial charge in [-0.15, -0.1) is 0 Å². The van der Waals surface area contributed by atoms with Crippen LogP contribution in [0.3, 0.4) is 0 Å². The van der Waals surface area contributed by atoms with E-state index in [0.717, 1.165) is 12.2 Å². The van der Waals surface area contributed by atoms with Crippen LogP contribution < -0.4 is 0 Å². The SMILES string of the molecule is O=C(CBr)ON1C(=O)C=CC1=O. The molecule has 0 aromatic heterocycles. The van der Waals surface area contributed by atoms with Gasteiger partial charge in [0.1, 0.15) is 5.33 Å². The highest BCUT2D eigenvalue weighted by Crippen LogP contribution is 2.04. The number of imide groups is 1. The molecule has 0 saturated heterocycles. The Morgan fingerprint density at radius 3 is 2.33 bits per heavy atom. The first kappa shape index (κ1) is 8.92. The number of hydroxylamine groups is 2. The molecule has 1 aliphatic heterocycles. The molecule has 5 nitrogen and oxygen atoms in total. The highest BCUT2D eigenvalue weighted by atomic mass is 79.9. The summed E-state index contributed by atoms with van der Waals surface area (Å²) in [4.78, 5) is 36.5. The normalized spacial score (nSPS) is 15.6. The molecule has 12 heavy (non-hydrogen) atoms. The van der Waals surface area contributed by atoms with Gasteiger partial charge in [-0.1, -0.05) is 21.0 Å². The largest absolute Gasteiger partial charge is 0.343 e. The van der Waals surface area contributed by atoms with Gasteiger partial charge >= 0.3 is 5.97 Å². The summed E-state index contributed by atoms with van der Waals surface area (Å²) in [5, 5.41) is 0.341. The first-order chi connectivity index (χ1) is 5.65. The molecule has 0 atom stereocenters. The summed E-state index contributed by atoms with van der Waals surface area (Å²) >= 11 is 2.82. The van der Waals surface area contributed by atoms with E-state index in [-0.39, 0.29) is 5.33 Å². The molecule has 0 aliphatic carbocycles. The average molecular weight is 234 g/mol. The summed E-state index contributed by atoms with van der Waals surface area (Å²) in [5.74, 6) is -1.98. The van der Waals surface area contributed by atoms with Crippen LogP contribution in [0, 0.1) is 0 Å². The number of hydrogen-bond acceptors (Lipinski definition) is 4. The van der Waals surface area contributed by atoms with E-state index in [1.54, 1.807) is 0 Å². The second kappa shape index (κ2) is 3.48. The molecule has 1 aliphatic rings. The first-order valence-corrected chi connectivity index (χ1v) is 4.10. The second-order valence-electron chi connectivity index (χ2n) is 1.90. The molecule has 6 heteroatoms. The van der Waals surface area contributed by atoms with E-state index in [0.29, 0.717) is 5.06 Å². The maximum atomic E-state index is 10.8. The minimum absolute atomic E-state index is 0.0654. The zero-order chi connectivity index (χ0) is 9.14. The van der Waals surface area contributed by atoms with Crippen molar-refractivity contribution < 1.29 is 19.2 Å². The van der Waals surface area contributed by atoms with Crippen LogP contribution in [0.25, 0.3) is 0 Å². The number of amides is 2. The van der Waals surface area contributed by atoms with E-state index >= 15 is 0 Å². The lowest BCUT2D eigenvalue weighted by Gasteiger charge is -2.10. The first-order valence-electron chi connectivity index (χ1n) is 2.98. The van der Waals surface area contributed by atoms with Crippen LogP contribution in [0.2, 0.25) is 0 Å². The molecule has 0 aromatic rings. The molecule has 0 spiro atoms. The van der Waals surface area contributed by atoms with Gasteiger partial charge in [-0.25, -0.2) is 4.79 Å². The Balaban J connectivity index is 2.59. The van der Waals surface area contributed by atoms with Gasteiger partial charge in [0.2, 0.25) is 0 Å². The molecule has 2 amide bonds. The summed E-state index contributed by atoms with van der Waals surface area (Å²) in [6, 6.07) is 0. The number of alkyl halides is 1. The number of hydrogen-bond donors (Lipinski definition) is 0. The highest BCUT2D eigenvalue weighted by Gasteiger charge is 2.27. The Bertz CT molecular complexity index is 255. The molecule has 0 fully saturated rings. The third-order valence-electron chi connectivity index (χ3n) is 1.07. The predicted octanol–water partition coefficient (Wildman–Crippen LogP) is -0.236. The monoisotopic (exact) mass is 233 g/mol. The van der Waals surface area contributed by atoms with Crippen LogP contribution in [0.5, 0.6) is 0 Å². The molecule has 64 valence electrons. The minimum atomic E-state index is -0.694. The molecule has 0 radical (unpaired) electrons. The van der Waals surface area contributed by atoms with Crippen molar-refractivity contribution >= 4 is 33.7 Å². The molecule has 0 unspecified atom stereocenters. The molecule has 0 aromatic carbocycles. The molecule has 0 N–H and O–H groups in total. The van der Waals surface area contributed by atoms with Crippen LogP contribution in [0.4, 0.5) is 0 Å². The number of nitrogens with zero attached hydrogens (tertiary/aromatic N) is 1. The maximum absolute atomic E-state index is 10.8. The van der Waals surface area contributed by atoms with Gasteiger partial charge in [0.25, 0.3) is 11.8 Å². The van der Waals surface area contributed by atoms with Crippen molar-refractivity contribution in [3.05, 3.63) is 12.2 Å². The van der Waals surface area contributed by atoms with Crippen molar-refractivity contribution in [1.82, 2.24) is 5.06 Å². The van der Waals surface area contributed by atoms with Gasteiger partial charge in [0.15, 0.2) is 0 Å². The minimum Gasteiger partial charge on any atom is -0.329 e. The fourth-order valence-electron chi connectivity index (χ4n) is 0.603. The van der Waals surface area contributed by atoms with Crippen LogP contribution >= 0.6 is 15.9 Å². The number of carbonyl (C=O) groups is 3. The van der Waals surface area contributed by atoms with Gasteiger partial charge in [-0.05, 0) is 0 Å². The predicted molar refractivity (Wildman–Crippen MR) is 40.9 cm³/mol. The molecule has 1 heterocycles. The van der Waals surface area contributed by atoms with E-state index < -0.39 is 17.8 Å². The third kappa shape index (κ3) is 1.70. The van der Waals surface area contributed by atoms with E-state index in [4.69, 9.17) is 0 Å². The molecule has 0 saturated carbocycles. The van der Waals surface area contributed by atoms with Crippen molar-refractivity contribution in [3.63, 3.8) is 0 Å². The summed E-state index contributed by atoms with van der Waals surface area (Å²) in [5.41, 5.74) is 0. The van der Waals surface area contributed by atoms with E-state index in [2.05, 4.69) is 20.8 Å². The maximum Gasteiger partial charge on any atom is 0.343 e. The van der Waals surface area contributed by atoms with Gasteiger partial charge in [0, 0.05) is 12.2 Å². The molecule has 0 bridgehead atoms. The average Bonchev–Trinajstić information content (AvgIpc) is 2.35. The van der Waals surface area contributed by atoms with Crippen molar-refractivity contribution in [2.45, 2.75) is 0 Å². The fourth-order valence-corrected chi connectivity index (χ4v) is 0.705. The smallest absolute Gasteiger partial charge is 0.329 e. The third-order valence-corrected chi connectivity index (χ3v) is 1.53. The topological polar surface area (TPSA) is 63.7 Å². The summed E-state index contributed by atoms with van der Waals surface area (Å²) in [7, 11) is 0. The molecular formula is C6H4BrNO4. The van der Waals surface area contributed by atoms with E-state index in [1.807, 2.05) is 0 Å². The number of rotatable bonds is 2. The zero-order valence-corrected chi connectivity index (χ0v) is 7.41. The van der Waals surface area contributed by atoms with Crippen molar-refractivity contribution in [2.75, 3.05) is 5.33 Å². The van der Waals surface area contributed by atoms with Crippen molar-refractivity contribution in [3.8, 4) is 0 Å². The Morgan fingerprint density at radius 2 is 1.92 bits per heavy atom. The summed E-state index contributed by atoms with van der Waals surface area (Å²) in [6.45, 7) is 0. The lowest BCUT2D eigenvalue weighted by atomic mass is 10.6. The Labute approximate surface area is 76.0 Å². The van der Waals surface area contributed by atoms with Crippen LogP contribution in [0.15, 0.2) is 12.2 Å². The number of halogens is 1. The summed E-state index contributed by atoms with van der Waals surface area (Å²) in [6.07, 6.45) is 2.06. The van der Waals surface area contributed by atoms with Gasteiger partial charge in [-0.2, -0.15) is 0 Å². The molecular weight excluding hydrogens is 230 g/mol. The lowest BCUT2D eigenvalue weighted by molar-refractivity contribution is -0.194. The van der Waals surface area contributed by atoms with E-state index in [9.17, 15) is 14.4 Å². The fraction of sp³-hybridized carbons (Fsp3) is 0.167. The standard InChI is InChI=1S/C6H4BrNO4/c7-3-6(11)12-8-4(9)1-2-5(8)10/h1-2H,3H2. The zero-order valence-electron chi connectivity index (χ0n) is 5.82. The van der Waals surface area contributed by atoms with Gasteiger partial charge < -0.3 is 4.84 Å². The Kier molecular flexibility index (Phi) is 2.59. The van der Waals surface area contributed by atoms with Gasteiger partial charge in [0.05, 0.1) is 0 Å². The Morgan fingerprint density at radius 1 is 1.42 bits per heavy atom. The second-order valence-corrected chi connectivity index (χ2v) is 2.46. The highest BCUT2D eigenvalue weighted by molar-refractivity contribution is 9.09. The number of carbonyl (C=O) groups excluding carboxylic acids is 3. The quantitative estimate of drug-likeness (QED) is 0.488. The van der Waals surface area contributed by atoms with Crippen LogP contribution in [0.1, 0.15) is 0 Å². The van der Waals surface area contributed by atoms with E-state index in [1.165, 1.54) is 0 Å². The van der Waals surface area contributed by atoms with Crippen LogP contribution in [-0.4, -0.2) is 28.2 Å².